The van der Waals surface area contributed by atoms with Gasteiger partial charge in [-0.05, 0) is 18.2 Å². The molecule has 3 aromatic rings. The first-order valence-electron chi connectivity index (χ1n) is 8.96. The number of urea groups is 1. The highest BCUT2D eigenvalue weighted by atomic mass is 19.2. The Hall–Kier alpha value is -3.82. The molecule has 3 amide bonds. The van der Waals surface area contributed by atoms with E-state index in [2.05, 4.69) is 5.10 Å². The summed E-state index contributed by atoms with van der Waals surface area (Å²) in [5, 5.41) is 4.36. The van der Waals surface area contributed by atoms with Crippen molar-refractivity contribution in [2.24, 2.45) is 11.5 Å². The summed E-state index contributed by atoms with van der Waals surface area (Å²) in [5.41, 5.74) is 11.2. The lowest BCUT2D eigenvalue weighted by molar-refractivity contribution is 0.0995. The Kier molecular flexibility index (Phi) is 4.69. The first kappa shape index (κ1) is 19.5. The minimum absolute atomic E-state index is 0.0332. The molecule has 0 saturated carbocycles. The molecule has 10 heteroatoms. The van der Waals surface area contributed by atoms with Crippen molar-refractivity contribution in [3.05, 3.63) is 76.7 Å². The molecule has 0 bridgehead atoms. The normalized spacial score (nSPS) is 15.7. The zero-order chi connectivity index (χ0) is 21.6. The fraction of sp³-hybridized carbons (Fsp3) is 0.150. The van der Waals surface area contributed by atoms with Crippen molar-refractivity contribution >= 4 is 11.9 Å². The number of carbonyl (C=O) groups is 2. The van der Waals surface area contributed by atoms with E-state index in [9.17, 15) is 22.8 Å². The second kappa shape index (κ2) is 7.21. The number of nitrogens with zero attached hydrogens (tertiary/aromatic N) is 3. The first-order valence-corrected chi connectivity index (χ1v) is 8.96. The quantitative estimate of drug-likeness (QED) is 0.686. The van der Waals surface area contributed by atoms with Crippen molar-refractivity contribution in [1.82, 2.24) is 14.7 Å². The Morgan fingerprint density at radius 3 is 2.43 bits per heavy atom. The number of aromatic nitrogens is 2. The summed E-state index contributed by atoms with van der Waals surface area (Å²) >= 11 is 0. The van der Waals surface area contributed by atoms with Crippen molar-refractivity contribution in [3.8, 4) is 11.3 Å². The van der Waals surface area contributed by atoms with Gasteiger partial charge in [0.2, 0.25) is 0 Å². The molecule has 0 radical (unpaired) electrons. The van der Waals surface area contributed by atoms with Gasteiger partial charge in [-0.2, -0.15) is 5.10 Å². The van der Waals surface area contributed by atoms with Crippen molar-refractivity contribution in [3.63, 3.8) is 0 Å². The van der Waals surface area contributed by atoms with E-state index in [0.717, 1.165) is 11.0 Å². The van der Waals surface area contributed by atoms with Crippen molar-refractivity contribution in [2.45, 2.75) is 12.6 Å². The van der Waals surface area contributed by atoms with Crippen LogP contribution in [0.4, 0.5) is 18.0 Å². The zero-order valence-corrected chi connectivity index (χ0v) is 15.5. The van der Waals surface area contributed by atoms with Gasteiger partial charge in [0.25, 0.3) is 5.91 Å². The number of amides is 3. The van der Waals surface area contributed by atoms with E-state index >= 15 is 0 Å². The Balaban J connectivity index is 2.02. The van der Waals surface area contributed by atoms with Gasteiger partial charge in [-0.15, -0.1) is 0 Å². The SMILES string of the molecule is NC(=O)c1c(-c2cccc(F)c2)nn2c1C(c1cccc(F)c1F)N(C(N)=O)CC2. The topological polar surface area (TPSA) is 107 Å². The second-order valence-corrected chi connectivity index (χ2v) is 6.78. The van der Waals surface area contributed by atoms with Crippen LogP contribution < -0.4 is 11.5 Å². The van der Waals surface area contributed by atoms with E-state index in [0.29, 0.717) is 0 Å². The molecule has 1 unspecified atom stereocenters. The largest absolute Gasteiger partial charge is 0.365 e. The maximum absolute atomic E-state index is 14.7. The predicted octanol–water partition coefficient (Wildman–Crippen LogP) is 2.55. The fourth-order valence-corrected chi connectivity index (χ4v) is 3.77. The monoisotopic (exact) mass is 415 g/mol. The molecule has 0 spiro atoms. The Bertz CT molecular complexity index is 1180. The number of benzene rings is 2. The summed E-state index contributed by atoms with van der Waals surface area (Å²) < 4.78 is 43.8. The van der Waals surface area contributed by atoms with Gasteiger partial charge in [0, 0.05) is 17.7 Å². The third-order valence-electron chi connectivity index (χ3n) is 5.02. The number of hydrogen-bond acceptors (Lipinski definition) is 3. The van der Waals surface area contributed by atoms with Crippen molar-refractivity contribution in [1.29, 1.82) is 0 Å². The smallest absolute Gasteiger partial charge is 0.315 e. The molecule has 2 aromatic carbocycles. The molecule has 30 heavy (non-hydrogen) atoms. The standard InChI is InChI=1S/C20H16F3N5O2/c21-11-4-1-3-10(9-11)16-14(19(24)29)18-17(12-5-2-6-13(22)15(12)23)27(20(25)30)7-8-28(18)26-16/h1-6,9,17H,7-8H2,(H2,24,29)(H2,25,30). The van der Waals surface area contributed by atoms with Crippen LogP contribution >= 0.6 is 0 Å². The molecular formula is C20H16F3N5O2. The molecule has 4 rings (SSSR count). The zero-order valence-electron chi connectivity index (χ0n) is 15.5. The molecule has 1 aliphatic heterocycles. The van der Waals surface area contributed by atoms with Crippen LogP contribution in [0.25, 0.3) is 11.3 Å². The van der Waals surface area contributed by atoms with Crippen LogP contribution in [0.15, 0.2) is 42.5 Å². The van der Waals surface area contributed by atoms with E-state index < -0.39 is 35.4 Å². The highest BCUT2D eigenvalue weighted by molar-refractivity contribution is 6.00. The van der Waals surface area contributed by atoms with E-state index in [4.69, 9.17) is 11.5 Å². The molecule has 0 saturated heterocycles. The summed E-state index contributed by atoms with van der Waals surface area (Å²) in [6, 6.07) is 6.73. The molecular weight excluding hydrogens is 399 g/mol. The minimum atomic E-state index is -1.25. The van der Waals surface area contributed by atoms with Crippen LogP contribution in [0.3, 0.4) is 0 Å². The van der Waals surface area contributed by atoms with Gasteiger partial charge in [-0.3, -0.25) is 9.48 Å². The lowest BCUT2D eigenvalue weighted by Gasteiger charge is -2.35. The Morgan fingerprint density at radius 2 is 1.77 bits per heavy atom. The van der Waals surface area contributed by atoms with Gasteiger partial charge in [0.15, 0.2) is 11.6 Å². The minimum Gasteiger partial charge on any atom is -0.365 e. The van der Waals surface area contributed by atoms with Gasteiger partial charge in [0.05, 0.1) is 17.8 Å². The molecule has 0 fully saturated rings. The Labute approximate surface area is 168 Å². The third kappa shape index (κ3) is 3.06. The molecule has 4 N–H and O–H groups in total. The average Bonchev–Trinajstić information content (AvgIpc) is 3.09. The summed E-state index contributed by atoms with van der Waals surface area (Å²) in [6.45, 7) is 0.159. The molecule has 0 aliphatic carbocycles. The summed E-state index contributed by atoms with van der Waals surface area (Å²) in [6.07, 6.45) is 0. The molecule has 2 heterocycles. The number of nitrogens with two attached hydrogens (primary N) is 2. The van der Waals surface area contributed by atoms with E-state index in [1.54, 1.807) is 0 Å². The van der Waals surface area contributed by atoms with E-state index in [1.165, 1.54) is 41.1 Å². The molecule has 1 aromatic heterocycles. The lowest BCUT2D eigenvalue weighted by Crippen LogP contribution is -2.46. The number of primary amides is 2. The maximum Gasteiger partial charge on any atom is 0.315 e. The second-order valence-electron chi connectivity index (χ2n) is 6.78. The van der Waals surface area contributed by atoms with Crippen LogP contribution in [0.1, 0.15) is 27.7 Å². The number of hydrogen-bond donors (Lipinski definition) is 2. The maximum atomic E-state index is 14.7. The number of fused-ring (bicyclic) bond motifs is 1. The van der Waals surface area contributed by atoms with Crippen LogP contribution in [0.5, 0.6) is 0 Å². The average molecular weight is 415 g/mol. The first-order chi connectivity index (χ1) is 14.3. The van der Waals surface area contributed by atoms with E-state index in [1.807, 2.05) is 0 Å². The fourth-order valence-electron chi connectivity index (χ4n) is 3.77. The van der Waals surface area contributed by atoms with Crippen LogP contribution in [0, 0.1) is 17.5 Å². The summed E-state index contributed by atoms with van der Waals surface area (Å²) in [5.74, 6) is -3.78. The van der Waals surface area contributed by atoms with Gasteiger partial charge < -0.3 is 16.4 Å². The highest BCUT2D eigenvalue weighted by Crippen LogP contribution is 2.39. The van der Waals surface area contributed by atoms with Crippen molar-refractivity contribution < 1.29 is 22.8 Å². The molecule has 1 atom stereocenters. The van der Waals surface area contributed by atoms with Crippen LogP contribution in [0.2, 0.25) is 0 Å². The molecule has 1 aliphatic rings. The van der Waals surface area contributed by atoms with Crippen LogP contribution in [-0.2, 0) is 6.54 Å². The number of carbonyl (C=O) groups excluding carboxylic acids is 2. The number of rotatable bonds is 3. The lowest BCUT2D eigenvalue weighted by atomic mass is 9.94. The number of halogens is 3. The molecule has 7 nitrogen and oxygen atoms in total. The van der Waals surface area contributed by atoms with E-state index in [-0.39, 0.29) is 41.2 Å². The Morgan fingerprint density at radius 1 is 1.03 bits per heavy atom. The summed E-state index contributed by atoms with van der Waals surface area (Å²) in [7, 11) is 0. The van der Waals surface area contributed by atoms with Gasteiger partial charge in [-0.1, -0.05) is 24.3 Å². The third-order valence-corrected chi connectivity index (χ3v) is 5.02. The van der Waals surface area contributed by atoms with Crippen LogP contribution in [-0.4, -0.2) is 33.2 Å². The van der Waals surface area contributed by atoms with Gasteiger partial charge >= 0.3 is 6.03 Å². The van der Waals surface area contributed by atoms with Gasteiger partial charge in [0.1, 0.15) is 17.6 Å². The van der Waals surface area contributed by atoms with Gasteiger partial charge in [-0.25, -0.2) is 18.0 Å². The molecule has 154 valence electrons. The predicted molar refractivity (Wildman–Crippen MR) is 101 cm³/mol. The van der Waals surface area contributed by atoms with Crippen molar-refractivity contribution in [2.75, 3.05) is 6.54 Å². The highest BCUT2D eigenvalue weighted by Gasteiger charge is 2.39. The summed E-state index contributed by atoms with van der Waals surface area (Å²) in [4.78, 5) is 25.6.